The molecule has 0 aliphatic heterocycles. The fourth-order valence-corrected chi connectivity index (χ4v) is 4.24. The molecule has 0 unspecified atom stereocenters. The summed E-state index contributed by atoms with van der Waals surface area (Å²) < 4.78 is 51.3. The molecular formula is C22H20FNO5S. The molecule has 6 nitrogen and oxygen atoms in total. The number of esters is 1. The predicted molar refractivity (Wildman–Crippen MR) is 111 cm³/mol. The molecule has 0 aliphatic carbocycles. The van der Waals surface area contributed by atoms with E-state index in [2.05, 4.69) is 0 Å². The van der Waals surface area contributed by atoms with Gasteiger partial charge in [0.15, 0.2) is 0 Å². The third kappa shape index (κ3) is 4.44. The van der Waals surface area contributed by atoms with Crippen LogP contribution in [0.3, 0.4) is 0 Å². The van der Waals surface area contributed by atoms with E-state index < -0.39 is 21.8 Å². The topological polar surface area (TPSA) is 72.9 Å². The van der Waals surface area contributed by atoms with Crippen LogP contribution in [-0.2, 0) is 21.4 Å². The molecule has 8 heteroatoms. The van der Waals surface area contributed by atoms with Gasteiger partial charge < -0.3 is 9.47 Å². The van der Waals surface area contributed by atoms with E-state index in [0.717, 1.165) is 4.31 Å². The Kier molecular flexibility index (Phi) is 6.37. The molecule has 0 N–H and O–H groups in total. The van der Waals surface area contributed by atoms with Crippen molar-refractivity contribution >= 4 is 21.7 Å². The summed E-state index contributed by atoms with van der Waals surface area (Å²) in [6.07, 6.45) is 0. The highest BCUT2D eigenvalue weighted by atomic mass is 32.2. The summed E-state index contributed by atoms with van der Waals surface area (Å²) in [5.74, 6) is -0.995. The SMILES string of the molecule is COc1ccc(F)cc1COC(=O)c1ccccc1S(=O)(=O)N(C)c1ccccc1. The molecule has 0 heterocycles. The summed E-state index contributed by atoms with van der Waals surface area (Å²) in [4.78, 5) is 12.5. The van der Waals surface area contributed by atoms with Crippen LogP contribution in [0.5, 0.6) is 5.75 Å². The van der Waals surface area contributed by atoms with Crippen molar-refractivity contribution in [2.45, 2.75) is 11.5 Å². The van der Waals surface area contributed by atoms with E-state index in [4.69, 9.17) is 9.47 Å². The third-order valence-corrected chi connectivity index (χ3v) is 6.31. The standard InChI is InChI=1S/C22H20FNO5S/c1-24(18-8-4-3-5-9-18)30(26,27)21-11-7-6-10-19(21)22(25)29-15-16-14-17(23)12-13-20(16)28-2/h3-14H,15H2,1-2H3. The molecule has 0 spiro atoms. The fourth-order valence-electron chi connectivity index (χ4n) is 2.87. The molecule has 30 heavy (non-hydrogen) atoms. The molecule has 0 bridgehead atoms. The number of benzene rings is 3. The van der Waals surface area contributed by atoms with Gasteiger partial charge in [-0.15, -0.1) is 0 Å². The summed E-state index contributed by atoms with van der Waals surface area (Å²) in [5.41, 5.74) is 0.661. The van der Waals surface area contributed by atoms with Gasteiger partial charge >= 0.3 is 5.97 Å². The van der Waals surface area contributed by atoms with Crippen LogP contribution in [-0.4, -0.2) is 28.5 Å². The van der Waals surface area contributed by atoms with E-state index in [-0.39, 0.29) is 17.1 Å². The van der Waals surface area contributed by atoms with Crippen LogP contribution in [0.2, 0.25) is 0 Å². The summed E-state index contributed by atoms with van der Waals surface area (Å²) in [6, 6.07) is 18.1. The number of carbonyl (C=O) groups is 1. The van der Waals surface area contributed by atoms with E-state index >= 15 is 0 Å². The fraction of sp³-hybridized carbons (Fsp3) is 0.136. The third-order valence-electron chi connectivity index (χ3n) is 4.47. The van der Waals surface area contributed by atoms with Crippen LogP contribution in [0.1, 0.15) is 15.9 Å². The normalized spacial score (nSPS) is 11.0. The van der Waals surface area contributed by atoms with Crippen LogP contribution in [0.4, 0.5) is 10.1 Å². The van der Waals surface area contributed by atoms with Crippen molar-refractivity contribution < 1.29 is 27.1 Å². The molecule has 3 aromatic carbocycles. The number of hydrogen-bond acceptors (Lipinski definition) is 5. The zero-order valence-corrected chi connectivity index (χ0v) is 17.2. The van der Waals surface area contributed by atoms with Gasteiger partial charge in [0.25, 0.3) is 10.0 Å². The van der Waals surface area contributed by atoms with Crippen molar-refractivity contribution in [3.63, 3.8) is 0 Å². The Morgan fingerprint density at radius 1 is 1.00 bits per heavy atom. The van der Waals surface area contributed by atoms with E-state index in [0.29, 0.717) is 17.0 Å². The molecule has 0 aromatic heterocycles. The first-order valence-electron chi connectivity index (χ1n) is 8.97. The van der Waals surface area contributed by atoms with Crippen molar-refractivity contribution in [2.24, 2.45) is 0 Å². The Labute approximate surface area is 174 Å². The lowest BCUT2D eigenvalue weighted by Crippen LogP contribution is -2.28. The number of nitrogens with zero attached hydrogens (tertiary/aromatic N) is 1. The number of anilines is 1. The molecule has 0 fully saturated rings. The Balaban J connectivity index is 1.88. The molecule has 0 saturated carbocycles. The van der Waals surface area contributed by atoms with Gasteiger partial charge in [-0.05, 0) is 42.5 Å². The Morgan fingerprint density at radius 2 is 1.67 bits per heavy atom. The first-order valence-corrected chi connectivity index (χ1v) is 10.4. The Morgan fingerprint density at radius 3 is 2.37 bits per heavy atom. The number of para-hydroxylation sites is 1. The molecule has 0 radical (unpaired) electrons. The van der Waals surface area contributed by atoms with Gasteiger partial charge in [0.1, 0.15) is 23.1 Å². The molecular weight excluding hydrogens is 409 g/mol. The molecule has 0 aliphatic rings. The van der Waals surface area contributed by atoms with E-state index in [9.17, 15) is 17.6 Å². The van der Waals surface area contributed by atoms with E-state index in [1.165, 1.54) is 50.6 Å². The molecule has 3 aromatic rings. The van der Waals surface area contributed by atoms with Gasteiger partial charge in [0.2, 0.25) is 0 Å². The number of hydrogen-bond donors (Lipinski definition) is 0. The van der Waals surface area contributed by atoms with Crippen LogP contribution in [0.15, 0.2) is 77.7 Å². The molecule has 0 atom stereocenters. The maximum atomic E-state index is 13.5. The zero-order chi connectivity index (χ0) is 21.7. The number of halogens is 1. The summed E-state index contributed by atoms with van der Waals surface area (Å²) in [6.45, 7) is -0.275. The number of rotatable bonds is 7. The maximum absolute atomic E-state index is 13.5. The number of carbonyl (C=O) groups excluding carboxylic acids is 1. The first-order chi connectivity index (χ1) is 14.3. The minimum atomic E-state index is -4.02. The number of methoxy groups -OCH3 is 1. The highest BCUT2D eigenvalue weighted by Gasteiger charge is 2.27. The van der Waals surface area contributed by atoms with Crippen LogP contribution >= 0.6 is 0 Å². The average Bonchev–Trinajstić information content (AvgIpc) is 2.77. The lowest BCUT2D eigenvalue weighted by Gasteiger charge is -2.21. The lowest BCUT2D eigenvalue weighted by molar-refractivity contribution is 0.0465. The van der Waals surface area contributed by atoms with Gasteiger partial charge in [-0.1, -0.05) is 30.3 Å². The van der Waals surface area contributed by atoms with Gasteiger partial charge in [-0.3, -0.25) is 4.31 Å². The van der Waals surface area contributed by atoms with Crippen molar-refractivity contribution in [1.82, 2.24) is 0 Å². The van der Waals surface area contributed by atoms with Gasteiger partial charge in [0, 0.05) is 12.6 Å². The second-order valence-electron chi connectivity index (χ2n) is 6.34. The van der Waals surface area contributed by atoms with Gasteiger partial charge in [0.05, 0.1) is 18.4 Å². The minimum Gasteiger partial charge on any atom is -0.496 e. The molecule has 156 valence electrons. The molecule has 3 rings (SSSR count). The molecule has 0 saturated heterocycles. The van der Waals surface area contributed by atoms with E-state index in [1.54, 1.807) is 36.4 Å². The number of ether oxygens (including phenoxy) is 2. The summed E-state index contributed by atoms with van der Waals surface area (Å²) >= 11 is 0. The predicted octanol–water partition coefficient (Wildman–Crippen LogP) is 4.02. The maximum Gasteiger partial charge on any atom is 0.339 e. The minimum absolute atomic E-state index is 0.115. The van der Waals surface area contributed by atoms with Crippen molar-refractivity contribution in [3.05, 3.63) is 89.7 Å². The zero-order valence-electron chi connectivity index (χ0n) is 16.4. The summed E-state index contributed by atoms with van der Waals surface area (Å²) in [5, 5.41) is 0. The second kappa shape index (κ2) is 8.96. The molecule has 0 amide bonds. The van der Waals surface area contributed by atoms with Gasteiger partial charge in [-0.2, -0.15) is 0 Å². The quantitative estimate of drug-likeness (QED) is 0.531. The lowest BCUT2D eigenvalue weighted by atomic mass is 10.2. The van der Waals surface area contributed by atoms with Crippen molar-refractivity contribution in [2.75, 3.05) is 18.5 Å². The van der Waals surface area contributed by atoms with Crippen LogP contribution < -0.4 is 9.04 Å². The van der Waals surface area contributed by atoms with Crippen molar-refractivity contribution in [1.29, 1.82) is 0 Å². The largest absolute Gasteiger partial charge is 0.496 e. The van der Waals surface area contributed by atoms with Crippen molar-refractivity contribution in [3.8, 4) is 5.75 Å². The average molecular weight is 429 g/mol. The van der Waals surface area contributed by atoms with Gasteiger partial charge in [-0.25, -0.2) is 17.6 Å². The Hall–Kier alpha value is -3.39. The van der Waals surface area contributed by atoms with Crippen LogP contribution in [0, 0.1) is 5.82 Å². The second-order valence-corrected chi connectivity index (χ2v) is 8.27. The summed E-state index contributed by atoms with van der Waals surface area (Å²) in [7, 11) is -1.20. The van der Waals surface area contributed by atoms with Crippen LogP contribution in [0.25, 0.3) is 0 Å². The highest BCUT2D eigenvalue weighted by molar-refractivity contribution is 7.92. The number of sulfonamides is 1. The highest BCUT2D eigenvalue weighted by Crippen LogP contribution is 2.26. The first kappa shape index (κ1) is 21.3. The Bertz CT molecular complexity index is 1150. The smallest absolute Gasteiger partial charge is 0.339 e. The van der Waals surface area contributed by atoms with E-state index in [1.807, 2.05) is 0 Å². The monoisotopic (exact) mass is 429 g/mol.